The highest BCUT2D eigenvalue weighted by molar-refractivity contribution is 9.10. The van der Waals surface area contributed by atoms with E-state index >= 15 is 0 Å². The van der Waals surface area contributed by atoms with Gasteiger partial charge in [0.05, 0.1) is 6.04 Å². The summed E-state index contributed by atoms with van der Waals surface area (Å²) in [5, 5.41) is 2.80. The van der Waals surface area contributed by atoms with Crippen molar-refractivity contribution >= 4 is 22.0 Å². The monoisotopic (exact) mass is 329 g/mol. The highest BCUT2D eigenvalue weighted by atomic mass is 79.9. The van der Waals surface area contributed by atoms with E-state index in [2.05, 4.69) is 21.2 Å². The number of alkyl carbamates (subject to hydrolysis) is 1. The lowest BCUT2D eigenvalue weighted by Crippen LogP contribution is -2.34. The van der Waals surface area contributed by atoms with Crippen molar-refractivity contribution in [1.29, 1.82) is 0 Å². The summed E-state index contributed by atoms with van der Waals surface area (Å²) in [6.45, 7) is 5.43. The number of nitrogens with one attached hydrogen (secondary N) is 1. The molecular weight excluding hydrogens is 313 g/mol. The van der Waals surface area contributed by atoms with Crippen molar-refractivity contribution < 1.29 is 13.9 Å². The number of hydrogen-bond acceptors (Lipinski definition) is 2. The molecule has 1 aliphatic rings. The first kappa shape index (κ1) is 14.3. The second kappa shape index (κ2) is 5.12. The van der Waals surface area contributed by atoms with Crippen LogP contribution in [0.15, 0.2) is 16.6 Å². The number of hydrogen-bond donors (Lipinski definition) is 1. The molecule has 2 rings (SSSR count). The van der Waals surface area contributed by atoms with Crippen LogP contribution in [-0.4, -0.2) is 11.7 Å². The van der Waals surface area contributed by atoms with Crippen LogP contribution in [0.4, 0.5) is 9.18 Å². The molecule has 1 atom stereocenters. The van der Waals surface area contributed by atoms with Gasteiger partial charge in [-0.2, -0.15) is 0 Å². The van der Waals surface area contributed by atoms with Crippen molar-refractivity contribution in [3.8, 4) is 0 Å². The molecule has 19 heavy (non-hydrogen) atoms. The Labute approximate surface area is 120 Å². The third kappa shape index (κ3) is 3.47. The molecule has 0 unspecified atom stereocenters. The van der Waals surface area contributed by atoms with Crippen LogP contribution >= 0.6 is 15.9 Å². The predicted molar refractivity (Wildman–Crippen MR) is 74.5 cm³/mol. The minimum Gasteiger partial charge on any atom is -0.444 e. The number of fused-ring (bicyclic) bond motifs is 1. The molecule has 1 N–H and O–H groups in total. The molecule has 0 saturated carbocycles. The van der Waals surface area contributed by atoms with E-state index in [1.54, 1.807) is 0 Å². The third-order valence-electron chi connectivity index (χ3n) is 2.94. The summed E-state index contributed by atoms with van der Waals surface area (Å²) in [7, 11) is 0. The van der Waals surface area contributed by atoms with Gasteiger partial charge in [0.1, 0.15) is 11.4 Å². The van der Waals surface area contributed by atoms with E-state index in [4.69, 9.17) is 4.74 Å². The Morgan fingerprint density at radius 3 is 2.79 bits per heavy atom. The van der Waals surface area contributed by atoms with Gasteiger partial charge in [-0.1, -0.05) is 15.9 Å². The van der Waals surface area contributed by atoms with Crippen molar-refractivity contribution in [2.24, 2.45) is 0 Å². The summed E-state index contributed by atoms with van der Waals surface area (Å²) in [5.41, 5.74) is 0.982. The average Bonchev–Trinajstić information content (AvgIpc) is 2.58. The Morgan fingerprint density at radius 1 is 1.47 bits per heavy atom. The zero-order valence-electron chi connectivity index (χ0n) is 11.2. The lowest BCUT2D eigenvalue weighted by Gasteiger charge is -2.22. The van der Waals surface area contributed by atoms with Crippen LogP contribution in [-0.2, 0) is 11.2 Å². The molecule has 0 heterocycles. The second-order valence-electron chi connectivity index (χ2n) is 5.69. The Kier molecular flexibility index (Phi) is 3.85. The van der Waals surface area contributed by atoms with Crippen LogP contribution in [0.1, 0.15) is 44.4 Å². The third-order valence-corrected chi connectivity index (χ3v) is 3.40. The molecule has 0 bridgehead atoms. The fourth-order valence-corrected chi connectivity index (χ4v) is 2.69. The fraction of sp³-hybridized carbons (Fsp3) is 0.500. The summed E-state index contributed by atoms with van der Waals surface area (Å²) in [6, 6.07) is 3.12. The fourth-order valence-electron chi connectivity index (χ4n) is 2.24. The molecule has 0 spiro atoms. The first-order valence-corrected chi connectivity index (χ1v) is 7.03. The van der Waals surface area contributed by atoms with E-state index in [0.717, 1.165) is 5.56 Å². The Hall–Kier alpha value is -1.10. The maximum absolute atomic E-state index is 13.8. The number of rotatable bonds is 1. The lowest BCUT2D eigenvalue weighted by molar-refractivity contribution is 0.0503. The van der Waals surface area contributed by atoms with Gasteiger partial charge in [0.2, 0.25) is 0 Å². The van der Waals surface area contributed by atoms with Crippen LogP contribution in [0.3, 0.4) is 0 Å². The van der Waals surface area contributed by atoms with Crippen molar-refractivity contribution in [3.63, 3.8) is 0 Å². The number of benzene rings is 1. The molecule has 1 amide bonds. The van der Waals surface area contributed by atoms with Crippen LogP contribution in [0.5, 0.6) is 0 Å². The van der Waals surface area contributed by atoms with E-state index in [1.807, 2.05) is 26.8 Å². The van der Waals surface area contributed by atoms with E-state index in [1.165, 1.54) is 6.07 Å². The van der Waals surface area contributed by atoms with Crippen LogP contribution in [0, 0.1) is 5.82 Å². The lowest BCUT2D eigenvalue weighted by atomic mass is 10.1. The van der Waals surface area contributed by atoms with Gasteiger partial charge in [0, 0.05) is 4.47 Å². The van der Waals surface area contributed by atoms with Gasteiger partial charge in [-0.05, 0) is 56.9 Å². The molecule has 0 saturated heterocycles. The number of carbonyl (C=O) groups excluding carboxylic acids is 1. The topological polar surface area (TPSA) is 38.3 Å². The highest BCUT2D eigenvalue weighted by Gasteiger charge is 2.28. The summed E-state index contributed by atoms with van der Waals surface area (Å²) in [6.07, 6.45) is 0.863. The minimum atomic E-state index is -0.534. The summed E-state index contributed by atoms with van der Waals surface area (Å²) >= 11 is 3.27. The molecule has 0 radical (unpaired) electrons. The summed E-state index contributed by atoms with van der Waals surface area (Å²) in [4.78, 5) is 11.8. The van der Waals surface area contributed by atoms with Crippen molar-refractivity contribution in [2.75, 3.05) is 0 Å². The summed E-state index contributed by atoms with van der Waals surface area (Å²) < 4.78 is 19.7. The van der Waals surface area contributed by atoms with E-state index in [0.29, 0.717) is 22.9 Å². The van der Waals surface area contributed by atoms with E-state index < -0.39 is 11.7 Å². The van der Waals surface area contributed by atoms with Gasteiger partial charge < -0.3 is 10.1 Å². The quantitative estimate of drug-likeness (QED) is 0.842. The summed E-state index contributed by atoms with van der Waals surface area (Å²) in [5.74, 6) is -0.224. The predicted octanol–water partition coefficient (Wildman–Crippen LogP) is 4.10. The number of halogens is 2. The molecular formula is C14H17BrFNO2. The largest absolute Gasteiger partial charge is 0.444 e. The van der Waals surface area contributed by atoms with Crippen LogP contribution < -0.4 is 5.32 Å². The van der Waals surface area contributed by atoms with Gasteiger partial charge in [0.25, 0.3) is 0 Å². The zero-order valence-corrected chi connectivity index (χ0v) is 12.8. The molecule has 1 aromatic carbocycles. The Balaban J connectivity index is 2.13. The number of ether oxygens (including phenoxy) is 1. The minimum absolute atomic E-state index is 0.183. The standard InChI is InChI=1S/C14H17BrFNO2/c1-14(2,3)19-13(18)17-12-5-4-9-10(12)6-8(15)7-11(9)16/h6-7,12H,4-5H2,1-3H3,(H,17,18)/t12-/m1/s1. The first-order valence-electron chi connectivity index (χ1n) is 6.23. The maximum Gasteiger partial charge on any atom is 0.408 e. The molecule has 3 nitrogen and oxygen atoms in total. The van der Waals surface area contributed by atoms with E-state index in [-0.39, 0.29) is 11.9 Å². The van der Waals surface area contributed by atoms with Crippen molar-refractivity contribution in [3.05, 3.63) is 33.5 Å². The van der Waals surface area contributed by atoms with Gasteiger partial charge in [-0.15, -0.1) is 0 Å². The molecule has 0 fully saturated rings. The SMILES string of the molecule is CC(C)(C)OC(=O)N[C@@H]1CCc2c(F)cc(Br)cc21. The molecule has 0 aliphatic heterocycles. The Bertz CT molecular complexity index is 511. The van der Waals surface area contributed by atoms with Gasteiger partial charge in [-0.25, -0.2) is 9.18 Å². The number of carbonyl (C=O) groups is 1. The normalized spacial score (nSPS) is 18.1. The first-order chi connectivity index (χ1) is 8.76. The molecule has 1 aromatic rings. The van der Waals surface area contributed by atoms with Crippen molar-refractivity contribution in [2.45, 2.75) is 45.3 Å². The van der Waals surface area contributed by atoms with Gasteiger partial charge in [-0.3, -0.25) is 0 Å². The molecule has 1 aliphatic carbocycles. The smallest absolute Gasteiger partial charge is 0.408 e. The van der Waals surface area contributed by atoms with Crippen molar-refractivity contribution in [1.82, 2.24) is 5.32 Å². The van der Waals surface area contributed by atoms with Gasteiger partial charge >= 0.3 is 6.09 Å². The zero-order chi connectivity index (χ0) is 14.2. The van der Waals surface area contributed by atoms with Crippen LogP contribution in [0.2, 0.25) is 0 Å². The molecule has 104 valence electrons. The van der Waals surface area contributed by atoms with Crippen LogP contribution in [0.25, 0.3) is 0 Å². The number of amides is 1. The highest BCUT2D eigenvalue weighted by Crippen LogP contribution is 2.35. The van der Waals surface area contributed by atoms with Gasteiger partial charge in [0.15, 0.2) is 0 Å². The maximum atomic E-state index is 13.8. The van der Waals surface area contributed by atoms with E-state index in [9.17, 15) is 9.18 Å². The average molecular weight is 330 g/mol. The Morgan fingerprint density at radius 2 is 2.16 bits per heavy atom. The molecule has 5 heteroatoms. The molecule has 0 aromatic heterocycles. The second-order valence-corrected chi connectivity index (χ2v) is 6.61.